The van der Waals surface area contributed by atoms with Crippen LogP contribution in [0.3, 0.4) is 0 Å². The summed E-state index contributed by atoms with van der Waals surface area (Å²) in [6, 6.07) is 3.46. The largest absolute Gasteiger partial charge is 0.454 e. The topological polar surface area (TPSA) is 76.9 Å². The number of ether oxygens (including phenoxy) is 2. The van der Waals surface area contributed by atoms with Crippen molar-refractivity contribution in [2.75, 3.05) is 33.0 Å². The maximum atomic E-state index is 11.5. The van der Waals surface area contributed by atoms with Crippen molar-refractivity contribution >= 4 is 5.69 Å². The Bertz CT molecular complexity index is 597. The fraction of sp³-hybridized carbons (Fsp3) is 0.600. The summed E-state index contributed by atoms with van der Waals surface area (Å²) < 4.78 is 10.7. The van der Waals surface area contributed by atoms with Gasteiger partial charge in [-0.25, -0.2) is 0 Å². The van der Waals surface area contributed by atoms with E-state index in [1.54, 1.807) is 0 Å². The summed E-state index contributed by atoms with van der Waals surface area (Å²) in [5.74, 6) is 1.61. The fourth-order valence-electron chi connectivity index (χ4n) is 3.46. The highest BCUT2D eigenvalue weighted by molar-refractivity contribution is 5.56. The molecule has 118 valence electrons. The second-order valence-corrected chi connectivity index (χ2v) is 6.09. The summed E-state index contributed by atoms with van der Waals surface area (Å²) in [6.07, 6.45) is 2.28. The maximum Gasteiger partial charge on any atom is 0.278 e. The van der Waals surface area contributed by atoms with Crippen molar-refractivity contribution in [3.8, 4) is 11.5 Å². The highest BCUT2D eigenvalue weighted by atomic mass is 16.7. The zero-order valence-corrected chi connectivity index (χ0v) is 12.3. The van der Waals surface area contributed by atoms with Crippen LogP contribution in [-0.4, -0.2) is 42.8 Å². The third-order valence-electron chi connectivity index (χ3n) is 4.65. The smallest absolute Gasteiger partial charge is 0.278 e. The molecular formula is C15H19N3O4. The quantitative estimate of drug-likeness (QED) is 0.673. The van der Waals surface area contributed by atoms with Crippen molar-refractivity contribution in [3.05, 3.63) is 27.8 Å². The first-order valence-corrected chi connectivity index (χ1v) is 7.77. The molecule has 1 N–H and O–H groups in total. The zero-order valence-electron chi connectivity index (χ0n) is 12.3. The average molecular weight is 305 g/mol. The molecule has 2 aliphatic heterocycles. The number of nitrogens with zero attached hydrogens (tertiary/aromatic N) is 2. The van der Waals surface area contributed by atoms with Crippen LogP contribution in [0, 0.1) is 16.0 Å². The number of nitro benzene ring substituents is 1. The monoisotopic (exact) mass is 305 g/mol. The minimum atomic E-state index is -0.297. The Kier molecular flexibility index (Phi) is 3.38. The number of hydrogen-bond acceptors (Lipinski definition) is 6. The molecule has 0 spiro atoms. The number of nitro groups is 1. The highest BCUT2D eigenvalue weighted by Crippen LogP contribution is 2.49. The van der Waals surface area contributed by atoms with Crippen molar-refractivity contribution in [1.29, 1.82) is 0 Å². The Balaban J connectivity index is 1.76. The first-order valence-electron chi connectivity index (χ1n) is 7.77. The Morgan fingerprint density at radius 1 is 1.23 bits per heavy atom. The molecule has 1 aromatic carbocycles. The van der Waals surface area contributed by atoms with Crippen molar-refractivity contribution in [3.63, 3.8) is 0 Å². The second kappa shape index (κ2) is 5.40. The van der Waals surface area contributed by atoms with E-state index in [2.05, 4.69) is 10.2 Å². The molecule has 7 nitrogen and oxygen atoms in total. The standard InChI is InChI=1S/C15H19N3O4/c19-18(20)12-8-14-13(21-9-22-14)7-11(12)15(10-1-2-10)17-5-3-16-4-6-17/h7-8,10,15-16H,1-6,9H2/t15-/m0/s1. The van der Waals surface area contributed by atoms with E-state index in [0.29, 0.717) is 17.4 Å². The Labute approximate surface area is 128 Å². The van der Waals surface area contributed by atoms with E-state index in [1.165, 1.54) is 6.07 Å². The van der Waals surface area contributed by atoms with Gasteiger partial charge in [0, 0.05) is 32.2 Å². The van der Waals surface area contributed by atoms with Gasteiger partial charge >= 0.3 is 0 Å². The molecule has 4 rings (SSSR count). The van der Waals surface area contributed by atoms with Crippen LogP contribution in [0.15, 0.2) is 12.1 Å². The number of fused-ring (bicyclic) bond motifs is 1. The predicted octanol–water partition coefficient (Wildman–Crippen LogP) is 1.68. The first kappa shape index (κ1) is 13.8. The summed E-state index contributed by atoms with van der Waals surface area (Å²) in [7, 11) is 0. The maximum absolute atomic E-state index is 11.5. The van der Waals surface area contributed by atoms with Crippen LogP contribution in [0.1, 0.15) is 24.4 Å². The molecule has 7 heteroatoms. The molecule has 1 saturated heterocycles. The van der Waals surface area contributed by atoms with Gasteiger partial charge in [0.1, 0.15) is 0 Å². The van der Waals surface area contributed by atoms with Gasteiger partial charge in [0.25, 0.3) is 5.69 Å². The van der Waals surface area contributed by atoms with Crippen LogP contribution in [-0.2, 0) is 0 Å². The summed E-state index contributed by atoms with van der Waals surface area (Å²) >= 11 is 0. The van der Waals surface area contributed by atoms with Crippen molar-refractivity contribution in [1.82, 2.24) is 10.2 Å². The number of rotatable bonds is 4. The molecule has 3 aliphatic rings. The van der Waals surface area contributed by atoms with E-state index in [4.69, 9.17) is 9.47 Å². The van der Waals surface area contributed by atoms with Crippen LogP contribution in [0.5, 0.6) is 11.5 Å². The molecule has 1 aliphatic carbocycles. The van der Waals surface area contributed by atoms with Crippen LogP contribution < -0.4 is 14.8 Å². The molecular weight excluding hydrogens is 286 g/mol. The van der Waals surface area contributed by atoms with E-state index in [9.17, 15) is 10.1 Å². The number of benzene rings is 1. The predicted molar refractivity (Wildman–Crippen MR) is 79.1 cm³/mol. The molecule has 0 unspecified atom stereocenters. The lowest BCUT2D eigenvalue weighted by Gasteiger charge is -2.35. The third-order valence-corrected chi connectivity index (χ3v) is 4.65. The van der Waals surface area contributed by atoms with Crippen molar-refractivity contribution in [2.24, 2.45) is 5.92 Å². The lowest BCUT2D eigenvalue weighted by atomic mass is 9.97. The van der Waals surface area contributed by atoms with Gasteiger partial charge in [-0.3, -0.25) is 15.0 Å². The van der Waals surface area contributed by atoms with Crippen molar-refractivity contribution in [2.45, 2.75) is 18.9 Å². The van der Waals surface area contributed by atoms with Gasteiger partial charge < -0.3 is 14.8 Å². The lowest BCUT2D eigenvalue weighted by Crippen LogP contribution is -2.45. The Morgan fingerprint density at radius 3 is 2.55 bits per heavy atom. The molecule has 1 aromatic rings. The number of hydrogen-bond donors (Lipinski definition) is 1. The molecule has 0 aromatic heterocycles. The third kappa shape index (κ3) is 2.40. The molecule has 2 heterocycles. The van der Waals surface area contributed by atoms with Gasteiger partial charge in [0.15, 0.2) is 11.5 Å². The fourth-order valence-corrected chi connectivity index (χ4v) is 3.46. The molecule has 2 fully saturated rings. The SMILES string of the molecule is O=[N+]([O-])c1cc2c(cc1[C@H](C1CC1)N1CCNCC1)OCO2. The minimum Gasteiger partial charge on any atom is -0.454 e. The van der Waals surface area contributed by atoms with Gasteiger partial charge in [-0.2, -0.15) is 0 Å². The average Bonchev–Trinajstić information content (AvgIpc) is 3.25. The molecule has 0 bridgehead atoms. The Morgan fingerprint density at radius 2 is 1.91 bits per heavy atom. The van der Waals surface area contributed by atoms with Gasteiger partial charge in [-0.05, 0) is 24.8 Å². The molecule has 22 heavy (non-hydrogen) atoms. The Hall–Kier alpha value is -1.86. The van der Waals surface area contributed by atoms with Crippen molar-refractivity contribution < 1.29 is 14.4 Å². The molecule has 0 radical (unpaired) electrons. The van der Waals surface area contributed by atoms with Crippen LogP contribution in [0.25, 0.3) is 0 Å². The molecule has 1 saturated carbocycles. The molecule has 1 atom stereocenters. The zero-order chi connectivity index (χ0) is 15.1. The van der Waals surface area contributed by atoms with Gasteiger partial charge in [-0.15, -0.1) is 0 Å². The highest BCUT2D eigenvalue weighted by Gasteiger charge is 2.41. The number of nitrogens with one attached hydrogen (secondary N) is 1. The minimum absolute atomic E-state index is 0.108. The lowest BCUT2D eigenvalue weighted by molar-refractivity contribution is -0.386. The van der Waals surface area contributed by atoms with E-state index >= 15 is 0 Å². The summed E-state index contributed by atoms with van der Waals surface area (Å²) in [4.78, 5) is 13.6. The van der Waals surface area contributed by atoms with E-state index < -0.39 is 0 Å². The van der Waals surface area contributed by atoms with E-state index in [-0.39, 0.29) is 23.4 Å². The van der Waals surface area contributed by atoms with Crippen LogP contribution in [0.2, 0.25) is 0 Å². The normalized spacial score (nSPS) is 22.5. The second-order valence-electron chi connectivity index (χ2n) is 6.09. The first-order chi connectivity index (χ1) is 10.7. The van der Waals surface area contributed by atoms with Gasteiger partial charge in [0.2, 0.25) is 6.79 Å². The summed E-state index contributed by atoms with van der Waals surface area (Å²) in [5, 5.41) is 14.9. The van der Waals surface area contributed by atoms with Gasteiger partial charge in [-0.1, -0.05) is 0 Å². The van der Waals surface area contributed by atoms with E-state index in [0.717, 1.165) is 44.6 Å². The summed E-state index contributed by atoms with van der Waals surface area (Å²) in [6.45, 7) is 3.85. The van der Waals surface area contributed by atoms with Gasteiger partial charge in [0.05, 0.1) is 16.6 Å². The number of piperazine rings is 1. The van der Waals surface area contributed by atoms with E-state index in [1.807, 2.05) is 6.07 Å². The van der Waals surface area contributed by atoms with Crippen LogP contribution in [0.4, 0.5) is 5.69 Å². The molecule has 0 amide bonds. The van der Waals surface area contributed by atoms with Crippen LogP contribution >= 0.6 is 0 Å². The summed E-state index contributed by atoms with van der Waals surface area (Å²) in [5.41, 5.74) is 0.929.